The second-order valence-corrected chi connectivity index (χ2v) is 6.75. The van der Waals surface area contributed by atoms with Crippen molar-refractivity contribution in [3.63, 3.8) is 0 Å². The number of hydrogen-bond acceptors (Lipinski definition) is 4. The molecule has 29 heavy (non-hydrogen) atoms. The number of benzene rings is 3. The van der Waals surface area contributed by atoms with Gasteiger partial charge in [-0.1, -0.05) is 48.0 Å². The molecule has 6 heteroatoms. The van der Waals surface area contributed by atoms with Crippen molar-refractivity contribution in [3.8, 4) is 5.75 Å². The number of ether oxygens (including phenoxy) is 1. The van der Waals surface area contributed by atoms with Crippen molar-refractivity contribution >= 4 is 34.0 Å². The maximum atomic E-state index is 12.0. The lowest BCUT2D eigenvalue weighted by Crippen LogP contribution is -2.44. The van der Waals surface area contributed by atoms with Crippen LogP contribution in [0.1, 0.15) is 18.9 Å². The van der Waals surface area contributed by atoms with Crippen molar-refractivity contribution in [2.24, 2.45) is 4.99 Å². The standard InChI is InChI=1S/C23H23N3O3/c1-16-7-10-20(11-8-16)24-17(2)13-22(27)25-26-23(28)15-29-21-12-9-18-5-3-4-6-19(18)14-21/h3-12,14H,13,15H2,1-2H3,(H,25,27)(H,26,28). The van der Waals surface area contributed by atoms with E-state index in [4.69, 9.17) is 4.74 Å². The first kappa shape index (κ1) is 20.1. The molecule has 3 rings (SSSR count). The number of aliphatic imine (C=N–C) groups is 1. The van der Waals surface area contributed by atoms with Crippen molar-refractivity contribution in [1.29, 1.82) is 0 Å². The summed E-state index contributed by atoms with van der Waals surface area (Å²) >= 11 is 0. The summed E-state index contributed by atoms with van der Waals surface area (Å²) in [7, 11) is 0. The van der Waals surface area contributed by atoms with E-state index in [2.05, 4.69) is 15.8 Å². The van der Waals surface area contributed by atoms with E-state index in [-0.39, 0.29) is 18.9 Å². The Labute approximate surface area is 169 Å². The smallest absolute Gasteiger partial charge is 0.276 e. The van der Waals surface area contributed by atoms with E-state index >= 15 is 0 Å². The first-order chi connectivity index (χ1) is 14.0. The molecule has 0 aromatic heterocycles. The summed E-state index contributed by atoms with van der Waals surface area (Å²) < 4.78 is 5.49. The van der Waals surface area contributed by atoms with Crippen molar-refractivity contribution in [2.75, 3.05) is 6.61 Å². The number of nitrogens with one attached hydrogen (secondary N) is 2. The Kier molecular flexibility index (Phi) is 6.58. The van der Waals surface area contributed by atoms with Crippen LogP contribution in [0, 0.1) is 6.92 Å². The van der Waals surface area contributed by atoms with E-state index < -0.39 is 5.91 Å². The minimum atomic E-state index is -0.445. The molecular formula is C23H23N3O3. The normalized spacial score (nSPS) is 11.2. The van der Waals surface area contributed by atoms with Gasteiger partial charge in [-0.3, -0.25) is 25.4 Å². The van der Waals surface area contributed by atoms with Crippen LogP contribution in [-0.2, 0) is 9.59 Å². The molecule has 148 valence electrons. The maximum absolute atomic E-state index is 12.0. The van der Waals surface area contributed by atoms with Gasteiger partial charge in [-0.2, -0.15) is 0 Å². The first-order valence-corrected chi connectivity index (χ1v) is 9.30. The number of fused-ring (bicyclic) bond motifs is 1. The summed E-state index contributed by atoms with van der Waals surface area (Å²) in [6, 6.07) is 21.2. The minimum absolute atomic E-state index is 0.0830. The molecule has 0 spiro atoms. The van der Waals surface area contributed by atoms with Crippen LogP contribution in [0.3, 0.4) is 0 Å². The highest BCUT2D eigenvalue weighted by Gasteiger charge is 2.07. The number of nitrogens with zero attached hydrogens (tertiary/aromatic N) is 1. The molecule has 2 N–H and O–H groups in total. The summed E-state index contributed by atoms with van der Waals surface area (Å²) in [6.07, 6.45) is 0.0830. The number of carbonyl (C=O) groups excluding carboxylic acids is 2. The van der Waals surface area contributed by atoms with Crippen LogP contribution in [0.4, 0.5) is 5.69 Å². The largest absolute Gasteiger partial charge is 0.484 e. The first-order valence-electron chi connectivity index (χ1n) is 9.30. The number of hydrogen-bond donors (Lipinski definition) is 2. The topological polar surface area (TPSA) is 79.8 Å². The van der Waals surface area contributed by atoms with E-state index in [1.54, 1.807) is 13.0 Å². The fourth-order valence-corrected chi connectivity index (χ4v) is 2.74. The van der Waals surface area contributed by atoms with Gasteiger partial charge < -0.3 is 4.74 Å². The molecule has 0 unspecified atom stereocenters. The molecule has 3 aromatic carbocycles. The summed E-state index contributed by atoms with van der Waals surface area (Å²) in [4.78, 5) is 28.3. The van der Waals surface area contributed by atoms with E-state index in [0.29, 0.717) is 11.5 Å². The number of rotatable bonds is 6. The van der Waals surface area contributed by atoms with Gasteiger partial charge in [0.25, 0.3) is 5.91 Å². The lowest BCUT2D eigenvalue weighted by atomic mass is 10.1. The lowest BCUT2D eigenvalue weighted by Gasteiger charge is -2.09. The Morgan fingerprint density at radius 3 is 2.34 bits per heavy atom. The van der Waals surface area contributed by atoms with E-state index in [9.17, 15) is 9.59 Å². The zero-order valence-electron chi connectivity index (χ0n) is 16.4. The Bertz CT molecular complexity index is 1040. The van der Waals surface area contributed by atoms with Crippen LogP contribution in [0.15, 0.2) is 71.7 Å². The third kappa shape index (κ3) is 6.17. The zero-order chi connectivity index (χ0) is 20.6. The number of hydrazine groups is 1. The van der Waals surface area contributed by atoms with Gasteiger partial charge in [0.15, 0.2) is 6.61 Å². The predicted octanol–water partition coefficient (Wildman–Crippen LogP) is 3.86. The molecule has 3 aromatic rings. The third-order valence-corrected chi connectivity index (χ3v) is 4.20. The summed E-state index contributed by atoms with van der Waals surface area (Å²) in [5.41, 5.74) is 7.30. The molecule has 2 amide bonds. The summed E-state index contributed by atoms with van der Waals surface area (Å²) in [5, 5.41) is 2.13. The maximum Gasteiger partial charge on any atom is 0.276 e. The minimum Gasteiger partial charge on any atom is -0.484 e. The molecular weight excluding hydrogens is 366 g/mol. The second kappa shape index (κ2) is 9.50. The van der Waals surface area contributed by atoms with E-state index in [1.165, 1.54) is 0 Å². The highest BCUT2D eigenvalue weighted by molar-refractivity contribution is 6.01. The Morgan fingerprint density at radius 2 is 1.59 bits per heavy atom. The van der Waals surface area contributed by atoms with Crippen LogP contribution in [0.25, 0.3) is 10.8 Å². The van der Waals surface area contributed by atoms with Crippen molar-refractivity contribution in [1.82, 2.24) is 10.9 Å². The zero-order valence-corrected chi connectivity index (χ0v) is 16.4. The highest BCUT2D eigenvalue weighted by Crippen LogP contribution is 2.20. The van der Waals surface area contributed by atoms with E-state index in [0.717, 1.165) is 22.0 Å². The quantitative estimate of drug-likeness (QED) is 0.496. The average molecular weight is 389 g/mol. The molecule has 0 fully saturated rings. The Morgan fingerprint density at radius 1 is 0.897 bits per heavy atom. The SMILES string of the molecule is CC(CC(=O)NNC(=O)COc1ccc2ccccc2c1)=Nc1ccc(C)cc1. The van der Waals surface area contributed by atoms with Crippen molar-refractivity contribution in [2.45, 2.75) is 20.3 Å². The van der Waals surface area contributed by atoms with Crippen molar-refractivity contribution < 1.29 is 14.3 Å². The fourth-order valence-electron chi connectivity index (χ4n) is 2.74. The number of amides is 2. The van der Waals surface area contributed by atoms with E-state index in [1.807, 2.05) is 67.6 Å². The van der Waals surface area contributed by atoms with Gasteiger partial charge in [0.05, 0.1) is 12.1 Å². The molecule has 0 bridgehead atoms. The van der Waals surface area contributed by atoms with Gasteiger partial charge >= 0.3 is 0 Å². The molecule has 0 saturated heterocycles. The van der Waals surface area contributed by atoms with Gasteiger partial charge in [-0.25, -0.2) is 0 Å². The molecule has 0 atom stereocenters. The molecule has 0 saturated carbocycles. The predicted molar refractivity (Wildman–Crippen MR) is 114 cm³/mol. The van der Waals surface area contributed by atoms with Gasteiger partial charge in [0.1, 0.15) is 5.75 Å². The average Bonchev–Trinajstić information content (AvgIpc) is 2.72. The number of carbonyl (C=O) groups is 2. The van der Waals surface area contributed by atoms with Gasteiger partial charge in [-0.05, 0) is 48.9 Å². The summed E-state index contributed by atoms with van der Waals surface area (Å²) in [6.45, 7) is 3.57. The van der Waals surface area contributed by atoms with Crippen LogP contribution < -0.4 is 15.6 Å². The molecule has 0 heterocycles. The number of aryl methyl sites for hydroxylation is 1. The van der Waals surface area contributed by atoms with Crippen LogP contribution in [0.2, 0.25) is 0 Å². The molecule has 0 radical (unpaired) electrons. The van der Waals surface area contributed by atoms with Gasteiger partial charge in [0, 0.05) is 5.71 Å². The molecule has 6 nitrogen and oxygen atoms in total. The lowest BCUT2D eigenvalue weighted by molar-refractivity contribution is -0.129. The van der Waals surface area contributed by atoms with Crippen LogP contribution >= 0.6 is 0 Å². The third-order valence-electron chi connectivity index (χ3n) is 4.20. The second-order valence-electron chi connectivity index (χ2n) is 6.75. The van der Waals surface area contributed by atoms with Crippen LogP contribution in [0.5, 0.6) is 5.75 Å². The molecule has 0 aliphatic rings. The summed E-state index contributed by atoms with van der Waals surface area (Å²) in [5.74, 6) is -0.205. The molecule has 0 aliphatic heterocycles. The Hall–Kier alpha value is -3.67. The monoisotopic (exact) mass is 389 g/mol. The Balaban J connectivity index is 1.43. The fraction of sp³-hybridized carbons (Fsp3) is 0.174. The van der Waals surface area contributed by atoms with Gasteiger partial charge in [0.2, 0.25) is 5.91 Å². The van der Waals surface area contributed by atoms with Gasteiger partial charge in [-0.15, -0.1) is 0 Å². The van der Waals surface area contributed by atoms with Crippen LogP contribution in [-0.4, -0.2) is 24.1 Å². The molecule has 0 aliphatic carbocycles. The van der Waals surface area contributed by atoms with Crippen molar-refractivity contribution in [3.05, 3.63) is 72.3 Å². The highest BCUT2D eigenvalue weighted by atomic mass is 16.5.